The summed E-state index contributed by atoms with van der Waals surface area (Å²) >= 11 is 1.13. The van der Waals surface area contributed by atoms with E-state index in [1.54, 1.807) is 31.1 Å². The largest absolute Gasteiger partial charge is 0.573 e. The number of thioether (sulfide) groups is 1. The van der Waals surface area contributed by atoms with Crippen molar-refractivity contribution in [1.82, 2.24) is 15.2 Å². The topological polar surface area (TPSA) is 165 Å². The van der Waals surface area contributed by atoms with Crippen LogP contribution >= 0.6 is 11.8 Å². The molecule has 61 heavy (non-hydrogen) atoms. The molecule has 0 spiro atoms. The Morgan fingerprint density at radius 2 is 1.54 bits per heavy atom. The van der Waals surface area contributed by atoms with Crippen LogP contribution in [0.3, 0.4) is 0 Å². The lowest BCUT2D eigenvalue weighted by atomic mass is 10.00. The molecule has 0 atom stereocenters. The molecule has 2 N–H and O–H groups in total. The van der Waals surface area contributed by atoms with Gasteiger partial charge >= 0.3 is 12.5 Å². The average molecular weight is 873 g/mol. The zero-order chi connectivity index (χ0) is 44.2. The molecule has 1 aromatic heterocycles. The molecule has 0 aliphatic heterocycles. The molecule has 4 aromatic rings. The van der Waals surface area contributed by atoms with E-state index in [-0.39, 0.29) is 30.6 Å². The summed E-state index contributed by atoms with van der Waals surface area (Å²) in [6.45, 7) is 12.6. The third kappa shape index (κ3) is 17.2. The maximum Gasteiger partial charge on any atom is 0.573 e. The van der Waals surface area contributed by atoms with E-state index in [0.29, 0.717) is 61.9 Å². The van der Waals surface area contributed by atoms with Crippen molar-refractivity contribution in [1.29, 1.82) is 0 Å². The third-order valence-electron chi connectivity index (χ3n) is 8.40. The molecule has 1 heterocycles. The van der Waals surface area contributed by atoms with Crippen molar-refractivity contribution in [3.8, 4) is 11.4 Å². The van der Waals surface area contributed by atoms with Crippen molar-refractivity contribution in [2.45, 2.75) is 46.9 Å². The molecule has 0 fully saturated rings. The van der Waals surface area contributed by atoms with Gasteiger partial charge in [0.25, 0.3) is 5.91 Å². The molecule has 4 rings (SSSR count). The van der Waals surface area contributed by atoms with E-state index in [4.69, 9.17) is 33.4 Å². The molecule has 0 aliphatic carbocycles. The minimum Gasteiger partial charge on any atom is -0.432 e. The number of amides is 1. The predicted octanol–water partition coefficient (Wildman–Crippen LogP) is 8.22. The van der Waals surface area contributed by atoms with Crippen LogP contribution < -0.4 is 15.5 Å². The number of rotatable bonds is 22. The molecule has 0 radical (unpaired) electrons. The Hall–Kier alpha value is -5.47. The van der Waals surface area contributed by atoms with Gasteiger partial charge in [-0.1, -0.05) is 32.0 Å². The van der Waals surface area contributed by atoms with E-state index in [1.807, 2.05) is 50.2 Å². The normalized spacial score (nSPS) is 11.9. The number of halogens is 3. The summed E-state index contributed by atoms with van der Waals surface area (Å²) < 4.78 is 74.5. The fourth-order valence-electron chi connectivity index (χ4n) is 5.30. The Morgan fingerprint density at radius 1 is 0.869 bits per heavy atom. The molecule has 0 unspecified atom stereocenters. The van der Waals surface area contributed by atoms with Crippen LogP contribution in [0.25, 0.3) is 5.69 Å². The van der Waals surface area contributed by atoms with Gasteiger partial charge in [-0.05, 0) is 103 Å². The first-order valence-electron chi connectivity index (χ1n) is 19.2. The average Bonchev–Trinajstić information content (AvgIpc) is 3.57. The minimum atomic E-state index is -4.83. The number of alkyl halides is 3. The van der Waals surface area contributed by atoms with E-state index < -0.39 is 24.2 Å². The van der Waals surface area contributed by atoms with Gasteiger partial charge in [-0.15, -0.1) is 13.2 Å². The Kier molecular flexibility index (Phi) is 19.5. The Balaban J connectivity index is 1.32. The van der Waals surface area contributed by atoms with Crippen LogP contribution in [-0.4, -0.2) is 105 Å². The van der Waals surface area contributed by atoms with Crippen LogP contribution in [0.4, 0.5) is 29.3 Å². The minimum absolute atomic E-state index is 0.00868. The molecule has 0 saturated heterocycles. The van der Waals surface area contributed by atoms with E-state index in [2.05, 4.69) is 39.5 Å². The number of methoxy groups -OCH3 is 1. The maximum atomic E-state index is 12.8. The predicted molar refractivity (Wildman–Crippen MR) is 226 cm³/mol. The van der Waals surface area contributed by atoms with Gasteiger partial charge in [0.1, 0.15) is 18.3 Å². The number of hydrogen-bond donors (Lipinski definition) is 2. The lowest BCUT2D eigenvalue weighted by Gasteiger charge is -2.12. The van der Waals surface area contributed by atoms with Crippen molar-refractivity contribution in [2.75, 3.05) is 71.2 Å². The number of ether oxygens (including phenoxy) is 7. The molecular weight excluding hydrogens is 822 g/mol. The number of carbonyl (C=O) groups is 2. The van der Waals surface area contributed by atoms with Crippen LogP contribution in [0.2, 0.25) is 0 Å². The summed E-state index contributed by atoms with van der Waals surface area (Å²) in [5, 5.41) is 12.1. The maximum absolute atomic E-state index is 12.8. The van der Waals surface area contributed by atoms with Crippen LogP contribution in [0.15, 0.2) is 77.0 Å². The highest BCUT2D eigenvalue weighted by atomic mass is 32.2. The standard InChI is InChI=1S/C42H51F3N6O9S/c1-28(2)36-14-7-29(3)23-37(36)48-40(61-27-59-41(53)58-22-21-57-20-19-56-18-17-55-16-15-54-6)49-46-25-33-8-11-34(24-30(33)4)51-26-38(31(5)50-51)47-39(52)32-9-12-35(13-10-32)60-42(43,44)45/h7-14,23-26,28H,15-22,27H2,1-6H3,(H,47,52)(H,48,49)/b46-25+. The molecular formula is C42H51F3N6O9S. The van der Waals surface area contributed by atoms with Crippen molar-refractivity contribution in [3.05, 3.63) is 100 Å². The number of carbonyl (C=O) groups excluding carboxylic acids is 2. The number of amidine groups is 1. The fourth-order valence-corrected chi connectivity index (χ4v) is 5.85. The van der Waals surface area contributed by atoms with Gasteiger partial charge < -0.3 is 38.5 Å². The lowest BCUT2D eigenvalue weighted by Crippen LogP contribution is -2.18. The molecule has 330 valence electrons. The lowest BCUT2D eigenvalue weighted by molar-refractivity contribution is -0.274. The first-order chi connectivity index (χ1) is 29.2. The van der Waals surface area contributed by atoms with E-state index >= 15 is 0 Å². The highest BCUT2D eigenvalue weighted by Crippen LogP contribution is 2.29. The van der Waals surface area contributed by atoms with Crippen LogP contribution in [0, 0.1) is 20.8 Å². The number of aliphatic imine (C=N–C) groups is 1. The highest BCUT2D eigenvalue weighted by Gasteiger charge is 2.31. The third-order valence-corrected chi connectivity index (χ3v) is 9.10. The number of aryl methyl sites for hydroxylation is 3. The summed E-state index contributed by atoms with van der Waals surface area (Å²) in [7, 11) is 1.61. The van der Waals surface area contributed by atoms with Crippen LogP contribution in [0.1, 0.15) is 58.1 Å². The summed E-state index contributed by atoms with van der Waals surface area (Å²) in [5.41, 5.74) is 9.25. The molecule has 0 saturated carbocycles. The summed E-state index contributed by atoms with van der Waals surface area (Å²) in [6, 6.07) is 16.2. The number of benzene rings is 3. The Bertz CT molecular complexity index is 2080. The van der Waals surface area contributed by atoms with Crippen molar-refractivity contribution in [2.24, 2.45) is 10.1 Å². The van der Waals surface area contributed by atoms with Gasteiger partial charge in [0.15, 0.2) is 5.17 Å². The number of nitrogens with zero attached hydrogens (tertiary/aromatic N) is 4. The van der Waals surface area contributed by atoms with Crippen LogP contribution in [0.5, 0.6) is 5.75 Å². The SMILES string of the molecule is COCCOCCOCCOCCOC(=O)OCSC(=Nc1cc(C)ccc1C(C)C)N/N=C/c1ccc(-n2cc(NC(=O)c3ccc(OC(F)(F)F)cc3)c(C)n2)cc1C. The van der Waals surface area contributed by atoms with E-state index in [9.17, 15) is 22.8 Å². The first-order valence-corrected chi connectivity index (χ1v) is 20.2. The highest BCUT2D eigenvalue weighted by molar-refractivity contribution is 8.13. The zero-order valence-corrected chi connectivity index (χ0v) is 35.7. The van der Waals surface area contributed by atoms with Crippen molar-refractivity contribution >= 4 is 46.6 Å². The quantitative estimate of drug-likeness (QED) is 0.0194. The van der Waals surface area contributed by atoms with Gasteiger partial charge in [-0.25, -0.2) is 14.5 Å². The monoisotopic (exact) mass is 872 g/mol. The van der Waals surface area contributed by atoms with Crippen molar-refractivity contribution < 1.29 is 55.9 Å². The van der Waals surface area contributed by atoms with Gasteiger partial charge in [-0.3, -0.25) is 10.2 Å². The first kappa shape index (κ1) is 48.2. The number of hydrogen-bond acceptors (Lipinski definition) is 13. The summed E-state index contributed by atoms with van der Waals surface area (Å²) in [5.74, 6) is -0.862. The molecule has 15 nitrogen and oxygen atoms in total. The van der Waals surface area contributed by atoms with Gasteiger partial charge in [0.05, 0.1) is 81.4 Å². The second-order valence-electron chi connectivity index (χ2n) is 13.5. The molecule has 0 bridgehead atoms. The molecule has 3 aromatic carbocycles. The van der Waals surface area contributed by atoms with Gasteiger partial charge in [-0.2, -0.15) is 10.2 Å². The molecule has 1 amide bonds. The van der Waals surface area contributed by atoms with E-state index in [1.165, 1.54) is 12.1 Å². The van der Waals surface area contributed by atoms with Gasteiger partial charge in [0.2, 0.25) is 0 Å². The number of aromatic nitrogens is 2. The van der Waals surface area contributed by atoms with E-state index in [0.717, 1.165) is 51.8 Å². The Morgan fingerprint density at radius 3 is 2.18 bits per heavy atom. The molecule has 19 heteroatoms. The fraction of sp³-hybridized carbons (Fsp3) is 0.405. The smallest absolute Gasteiger partial charge is 0.432 e. The van der Waals surface area contributed by atoms with Crippen LogP contribution in [-0.2, 0) is 28.4 Å². The Labute approximate surface area is 356 Å². The number of hydrazone groups is 1. The second-order valence-corrected chi connectivity index (χ2v) is 14.4. The summed E-state index contributed by atoms with van der Waals surface area (Å²) in [6.07, 6.45) is -2.41. The number of anilines is 1. The van der Waals surface area contributed by atoms with Crippen molar-refractivity contribution in [3.63, 3.8) is 0 Å². The zero-order valence-electron chi connectivity index (χ0n) is 34.9. The second kappa shape index (κ2) is 24.7. The molecule has 0 aliphatic rings. The summed E-state index contributed by atoms with van der Waals surface area (Å²) in [4.78, 5) is 30.0. The van der Waals surface area contributed by atoms with Gasteiger partial charge in [0, 0.05) is 12.7 Å². The number of nitrogens with one attached hydrogen (secondary N) is 2.